The van der Waals surface area contributed by atoms with Crippen LogP contribution in [0.25, 0.3) is 0 Å². The van der Waals surface area contributed by atoms with E-state index in [0.29, 0.717) is 18.8 Å². The molecule has 19 heavy (non-hydrogen) atoms. The summed E-state index contributed by atoms with van der Waals surface area (Å²) in [5.41, 5.74) is 0.630. The first-order chi connectivity index (χ1) is 8.93. The van der Waals surface area contributed by atoms with Gasteiger partial charge in [-0.2, -0.15) is 0 Å². The number of carboxylic acid groups (broad SMARTS) is 1. The molecule has 1 rings (SSSR count). The van der Waals surface area contributed by atoms with E-state index in [1.165, 1.54) is 11.0 Å². The largest absolute Gasteiger partial charge is 0.478 e. The third-order valence-corrected chi connectivity index (χ3v) is 3.06. The van der Waals surface area contributed by atoms with Crippen molar-refractivity contribution < 1.29 is 14.7 Å². The number of anilines is 1. The molecule has 0 saturated carbocycles. The molecule has 0 aliphatic carbocycles. The molecule has 0 atom stereocenters. The van der Waals surface area contributed by atoms with Gasteiger partial charge in [0, 0.05) is 29.4 Å². The summed E-state index contributed by atoms with van der Waals surface area (Å²) in [5.74, 6) is -1.02. The number of carbonyl (C=O) groups is 2. The van der Waals surface area contributed by atoms with Crippen LogP contribution < -0.4 is 10.6 Å². The van der Waals surface area contributed by atoms with Crippen LogP contribution >= 0.6 is 22.6 Å². The van der Waals surface area contributed by atoms with Crippen LogP contribution in [0.3, 0.4) is 0 Å². The number of halogens is 1. The lowest BCUT2D eigenvalue weighted by molar-refractivity contribution is 0.0697. The molecule has 3 N–H and O–H groups in total. The number of aromatic carboxylic acids is 1. The molecule has 104 valence electrons. The van der Waals surface area contributed by atoms with Gasteiger partial charge >= 0.3 is 12.0 Å². The standard InChI is InChI=1S/C12H16IN3O3/c1-14-3-4-16(2)12(19)15-10-6-8(11(17)18)5-9(13)7-10/h5-7,14H,3-4H2,1-2H3,(H,15,19)(H,17,18). The maximum absolute atomic E-state index is 11.8. The van der Waals surface area contributed by atoms with E-state index in [2.05, 4.69) is 10.6 Å². The van der Waals surface area contributed by atoms with E-state index >= 15 is 0 Å². The molecule has 0 radical (unpaired) electrons. The average Bonchev–Trinajstić information content (AvgIpc) is 2.34. The summed E-state index contributed by atoms with van der Waals surface area (Å²) in [6.07, 6.45) is 0. The van der Waals surface area contributed by atoms with Gasteiger partial charge in [0.1, 0.15) is 0 Å². The van der Waals surface area contributed by atoms with E-state index in [1.807, 2.05) is 29.6 Å². The Morgan fingerprint density at radius 2 is 2.05 bits per heavy atom. The molecule has 0 aliphatic heterocycles. The number of carbonyl (C=O) groups excluding carboxylic acids is 1. The normalized spacial score (nSPS) is 10.1. The topological polar surface area (TPSA) is 81.7 Å². The second-order valence-electron chi connectivity index (χ2n) is 3.99. The SMILES string of the molecule is CNCCN(C)C(=O)Nc1cc(I)cc(C(=O)O)c1. The van der Waals surface area contributed by atoms with Gasteiger partial charge in [0.05, 0.1) is 5.56 Å². The van der Waals surface area contributed by atoms with Gasteiger partial charge in [0.2, 0.25) is 0 Å². The lowest BCUT2D eigenvalue weighted by Gasteiger charge is -2.18. The Bertz CT molecular complexity index is 479. The van der Waals surface area contributed by atoms with E-state index in [-0.39, 0.29) is 11.6 Å². The molecule has 0 saturated heterocycles. The van der Waals surface area contributed by atoms with Gasteiger partial charge in [0.25, 0.3) is 0 Å². The molecule has 6 nitrogen and oxygen atoms in total. The molecule has 0 spiro atoms. The van der Waals surface area contributed by atoms with Crippen LogP contribution in [0.15, 0.2) is 18.2 Å². The Hall–Kier alpha value is -1.35. The number of carboxylic acids is 1. The van der Waals surface area contributed by atoms with Crippen molar-refractivity contribution in [2.24, 2.45) is 0 Å². The monoisotopic (exact) mass is 377 g/mol. The number of likely N-dealkylation sites (N-methyl/N-ethyl adjacent to an activating group) is 2. The molecule has 1 aromatic rings. The number of hydrogen-bond donors (Lipinski definition) is 3. The van der Waals surface area contributed by atoms with Crippen LogP contribution in [-0.4, -0.2) is 49.2 Å². The lowest BCUT2D eigenvalue weighted by Crippen LogP contribution is -2.35. The first-order valence-corrected chi connectivity index (χ1v) is 6.72. The highest BCUT2D eigenvalue weighted by molar-refractivity contribution is 14.1. The van der Waals surface area contributed by atoms with Gasteiger partial charge in [-0.3, -0.25) is 0 Å². The molecule has 0 heterocycles. The molecule has 7 heteroatoms. The van der Waals surface area contributed by atoms with Crippen molar-refractivity contribution in [2.75, 3.05) is 32.5 Å². The van der Waals surface area contributed by atoms with Crippen LogP contribution in [0, 0.1) is 3.57 Å². The summed E-state index contributed by atoms with van der Waals surface area (Å²) in [6.45, 7) is 1.26. The van der Waals surface area contributed by atoms with Crippen molar-refractivity contribution in [3.63, 3.8) is 0 Å². The van der Waals surface area contributed by atoms with E-state index in [1.54, 1.807) is 19.2 Å². The van der Waals surface area contributed by atoms with Gasteiger partial charge in [-0.05, 0) is 47.8 Å². The summed E-state index contributed by atoms with van der Waals surface area (Å²) in [7, 11) is 3.49. The van der Waals surface area contributed by atoms with Crippen molar-refractivity contribution in [1.29, 1.82) is 0 Å². The number of rotatable bonds is 5. The number of nitrogens with one attached hydrogen (secondary N) is 2. The van der Waals surface area contributed by atoms with Gasteiger partial charge in [-0.15, -0.1) is 0 Å². The van der Waals surface area contributed by atoms with Gasteiger partial charge in [-0.25, -0.2) is 9.59 Å². The number of amides is 2. The summed E-state index contributed by atoms with van der Waals surface area (Å²) < 4.78 is 0.755. The maximum Gasteiger partial charge on any atom is 0.335 e. The molecule has 0 aliphatic rings. The quantitative estimate of drug-likeness (QED) is 0.682. The molecule has 0 bridgehead atoms. The Kier molecular flexibility index (Phi) is 6.03. The number of benzene rings is 1. The highest BCUT2D eigenvalue weighted by Gasteiger charge is 2.11. The third-order valence-electron chi connectivity index (χ3n) is 2.44. The minimum Gasteiger partial charge on any atom is -0.478 e. The van der Waals surface area contributed by atoms with Crippen molar-refractivity contribution in [2.45, 2.75) is 0 Å². The van der Waals surface area contributed by atoms with E-state index in [9.17, 15) is 9.59 Å². The van der Waals surface area contributed by atoms with Crippen LogP contribution in [-0.2, 0) is 0 Å². The molecule has 0 aromatic heterocycles. The predicted molar refractivity (Wildman–Crippen MR) is 81.7 cm³/mol. The Morgan fingerprint density at radius 1 is 1.37 bits per heavy atom. The average molecular weight is 377 g/mol. The molecular weight excluding hydrogens is 361 g/mol. The molecule has 0 unspecified atom stereocenters. The number of nitrogens with zero attached hydrogens (tertiary/aromatic N) is 1. The summed E-state index contributed by atoms with van der Waals surface area (Å²) in [6, 6.07) is 4.43. The Balaban J connectivity index is 2.76. The first-order valence-electron chi connectivity index (χ1n) is 5.64. The summed E-state index contributed by atoms with van der Waals surface area (Å²) in [4.78, 5) is 24.3. The minimum absolute atomic E-state index is 0.153. The minimum atomic E-state index is -1.02. The first kappa shape index (κ1) is 15.7. The predicted octanol–water partition coefficient (Wildman–Crippen LogP) is 1.67. The van der Waals surface area contributed by atoms with Crippen molar-refractivity contribution >= 4 is 40.3 Å². The zero-order valence-electron chi connectivity index (χ0n) is 10.7. The second-order valence-corrected chi connectivity index (χ2v) is 5.23. The smallest absolute Gasteiger partial charge is 0.335 e. The van der Waals surface area contributed by atoms with Crippen LogP contribution in [0.1, 0.15) is 10.4 Å². The molecule has 2 amide bonds. The van der Waals surface area contributed by atoms with Crippen LogP contribution in [0.5, 0.6) is 0 Å². The highest BCUT2D eigenvalue weighted by atomic mass is 127. The Labute approximate surface area is 125 Å². The molecule has 0 fully saturated rings. The fraction of sp³-hybridized carbons (Fsp3) is 0.333. The fourth-order valence-electron chi connectivity index (χ4n) is 1.39. The number of urea groups is 1. The van der Waals surface area contributed by atoms with Gasteiger partial charge in [0.15, 0.2) is 0 Å². The van der Waals surface area contributed by atoms with Crippen molar-refractivity contribution in [1.82, 2.24) is 10.2 Å². The third kappa shape index (κ3) is 5.03. The van der Waals surface area contributed by atoms with E-state index in [4.69, 9.17) is 5.11 Å². The van der Waals surface area contributed by atoms with Crippen LogP contribution in [0.4, 0.5) is 10.5 Å². The van der Waals surface area contributed by atoms with Crippen LogP contribution in [0.2, 0.25) is 0 Å². The lowest BCUT2D eigenvalue weighted by atomic mass is 10.2. The zero-order valence-corrected chi connectivity index (χ0v) is 12.9. The van der Waals surface area contributed by atoms with E-state index < -0.39 is 5.97 Å². The summed E-state index contributed by atoms with van der Waals surface area (Å²) in [5, 5.41) is 14.6. The highest BCUT2D eigenvalue weighted by Crippen LogP contribution is 2.17. The molecule has 1 aromatic carbocycles. The summed E-state index contributed by atoms with van der Waals surface area (Å²) >= 11 is 2.01. The maximum atomic E-state index is 11.8. The zero-order chi connectivity index (χ0) is 14.4. The Morgan fingerprint density at radius 3 is 2.63 bits per heavy atom. The van der Waals surface area contributed by atoms with Gasteiger partial charge in [-0.1, -0.05) is 0 Å². The van der Waals surface area contributed by atoms with Crippen molar-refractivity contribution in [3.8, 4) is 0 Å². The van der Waals surface area contributed by atoms with E-state index in [0.717, 1.165) is 3.57 Å². The second kappa shape index (κ2) is 7.29. The van der Waals surface area contributed by atoms with Crippen molar-refractivity contribution in [3.05, 3.63) is 27.3 Å². The number of hydrogen-bond acceptors (Lipinski definition) is 3. The van der Waals surface area contributed by atoms with Gasteiger partial charge < -0.3 is 20.6 Å². The molecular formula is C12H16IN3O3. The fourth-order valence-corrected chi connectivity index (χ4v) is 2.06.